The lowest BCUT2D eigenvalue weighted by Crippen LogP contribution is -1.87. The fourth-order valence-electron chi connectivity index (χ4n) is 3.54. The predicted octanol–water partition coefficient (Wildman–Crippen LogP) is 5.68. The SMILES string of the molecule is [CH]1C=Cc2ccccc3c4cc5ccccc5cc4c1c2-3. The first-order valence-electron chi connectivity index (χ1n) is 7.30. The van der Waals surface area contributed by atoms with Gasteiger partial charge in [-0.1, -0.05) is 60.7 Å². The maximum Gasteiger partial charge on any atom is 0.0138 e. The summed E-state index contributed by atoms with van der Waals surface area (Å²) in [7, 11) is 0. The minimum Gasteiger partial charge on any atom is -0.0754 e. The van der Waals surface area contributed by atoms with Crippen LogP contribution >= 0.6 is 0 Å². The molecule has 97 valence electrons. The third-order valence-corrected chi connectivity index (χ3v) is 4.48. The molecule has 21 heavy (non-hydrogen) atoms. The normalized spacial score (nSPS) is 13.3. The van der Waals surface area contributed by atoms with E-state index < -0.39 is 0 Å². The van der Waals surface area contributed by atoms with E-state index in [9.17, 15) is 0 Å². The summed E-state index contributed by atoms with van der Waals surface area (Å²) in [5.41, 5.74) is 5.41. The van der Waals surface area contributed by atoms with Gasteiger partial charge in [-0.2, -0.15) is 0 Å². The van der Waals surface area contributed by atoms with E-state index in [1.807, 2.05) is 0 Å². The molecule has 0 N–H and O–H groups in total. The first kappa shape index (κ1) is 11.1. The molecule has 0 fully saturated rings. The molecule has 0 amide bonds. The molecule has 2 aromatic rings. The molecule has 5 rings (SSSR count). The predicted molar refractivity (Wildman–Crippen MR) is 90.5 cm³/mol. The second-order valence-electron chi connectivity index (χ2n) is 5.65. The van der Waals surface area contributed by atoms with Crippen LogP contribution in [-0.2, 0) is 0 Å². The smallest absolute Gasteiger partial charge is 0.0138 e. The fraction of sp³-hybridized carbons (Fsp3) is 0. The van der Waals surface area contributed by atoms with Crippen molar-refractivity contribution in [3.05, 3.63) is 84.3 Å². The molecule has 0 saturated carbocycles. The molecule has 0 nitrogen and oxygen atoms in total. The van der Waals surface area contributed by atoms with Gasteiger partial charge in [-0.15, -0.1) is 0 Å². The van der Waals surface area contributed by atoms with Crippen molar-refractivity contribution in [2.45, 2.75) is 0 Å². The lowest BCUT2D eigenvalue weighted by Gasteiger charge is -2.08. The molecular formula is C21H13. The Bertz CT molecular complexity index is 1010. The summed E-state index contributed by atoms with van der Waals surface area (Å²) in [6.45, 7) is 0. The van der Waals surface area contributed by atoms with Crippen LogP contribution in [0.1, 0.15) is 11.1 Å². The van der Waals surface area contributed by atoms with Crippen LogP contribution < -0.4 is 0 Å². The highest BCUT2D eigenvalue weighted by Crippen LogP contribution is 2.44. The molecular weight excluding hydrogens is 252 g/mol. The van der Waals surface area contributed by atoms with Crippen molar-refractivity contribution in [2.24, 2.45) is 0 Å². The van der Waals surface area contributed by atoms with Gasteiger partial charge in [0.25, 0.3) is 0 Å². The maximum absolute atomic E-state index is 2.33. The number of hydrogen-bond acceptors (Lipinski definition) is 0. The van der Waals surface area contributed by atoms with E-state index in [0.29, 0.717) is 0 Å². The van der Waals surface area contributed by atoms with Crippen molar-refractivity contribution in [2.75, 3.05) is 0 Å². The van der Waals surface area contributed by atoms with E-state index in [0.717, 1.165) is 0 Å². The average Bonchev–Trinajstić information content (AvgIpc) is 2.69. The Kier molecular flexibility index (Phi) is 2.09. The Morgan fingerprint density at radius 1 is 0.667 bits per heavy atom. The van der Waals surface area contributed by atoms with Gasteiger partial charge in [0, 0.05) is 6.42 Å². The molecule has 0 heteroatoms. The number of benzene rings is 2. The van der Waals surface area contributed by atoms with E-state index in [2.05, 4.69) is 79.2 Å². The summed E-state index contributed by atoms with van der Waals surface area (Å²) in [6.07, 6.45) is 6.60. The third-order valence-electron chi connectivity index (χ3n) is 4.48. The molecule has 3 aliphatic carbocycles. The van der Waals surface area contributed by atoms with Crippen LogP contribution in [0.4, 0.5) is 0 Å². The van der Waals surface area contributed by atoms with Crippen LogP contribution in [0.15, 0.2) is 66.7 Å². The molecule has 0 atom stereocenters. The zero-order chi connectivity index (χ0) is 13.8. The zero-order valence-corrected chi connectivity index (χ0v) is 11.5. The van der Waals surface area contributed by atoms with Gasteiger partial charge >= 0.3 is 0 Å². The lowest BCUT2D eigenvalue weighted by molar-refractivity contribution is 1.57. The van der Waals surface area contributed by atoms with Gasteiger partial charge in [0.2, 0.25) is 0 Å². The molecule has 0 bridgehead atoms. The Morgan fingerprint density at radius 3 is 2.24 bits per heavy atom. The first-order chi connectivity index (χ1) is 10.4. The van der Waals surface area contributed by atoms with Crippen molar-refractivity contribution >= 4 is 27.6 Å². The highest BCUT2D eigenvalue weighted by atomic mass is 14.2. The second-order valence-corrected chi connectivity index (χ2v) is 5.65. The van der Waals surface area contributed by atoms with E-state index in [4.69, 9.17) is 0 Å². The quantitative estimate of drug-likeness (QED) is 0.384. The Labute approximate surface area is 123 Å². The topological polar surface area (TPSA) is 0 Å². The summed E-state index contributed by atoms with van der Waals surface area (Å²) in [6, 6.07) is 22.0. The Balaban J connectivity index is 2.05. The summed E-state index contributed by atoms with van der Waals surface area (Å²) in [5, 5.41) is 5.34. The molecule has 0 heterocycles. The van der Waals surface area contributed by atoms with Gasteiger partial charge in [-0.25, -0.2) is 0 Å². The van der Waals surface area contributed by atoms with Crippen molar-refractivity contribution in [1.82, 2.24) is 0 Å². The fourth-order valence-corrected chi connectivity index (χ4v) is 3.54. The number of hydrogen-bond donors (Lipinski definition) is 0. The molecule has 0 aliphatic heterocycles. The molecule has 1 radical (unpaired) electrons. The Morgan fingerprint density at radius 2 is 1.38 bits per heavy atom. The third kappa shape index (κ3) is 1.45. The second kappa shape index (κ2) is 3.95. The zero-order valence-electron chi connectivity index (χ0n) is 11.5. The first-order valence-corrected chi connectivity index (χ1v) is 7.30. The van der Waals surface area contributed by atoms with Crippen LogP contribution in [0, 0.1) is 6.42 Å². The van der Waals surface area contributed by atoms with Gasteiger partial charge < -0.3 is 0 Å². The van der Waals surface area contributed by atoms with E-state index >= 15 is 0 Å². The van der Waals surface area contributed by atoms with E-state index in [1.165, 1.54) is 43.8 Å². The number of allylic oxidation sites excluding steroid dienone is 1. The molecule has 3 aliphatic rings. The molecule has 0 spiro atoms. The largest absolute Gasteiger partial charge is 0.0754 e. The van der Waals surface area contributed by atoms with Crippen molar-refractivity contribution in [3.8, 4) is 11.1 Å². The monoisotopic (exact) mass is 265 g/mol. The minimum atomic E-state index is 1.31. The van der Waals surface area contributed by atoms with Crippen molar-refractivity contribution in [1.29, 1.82) is 0 Å². The minimum absolute atomic E-state index is 1.31. The molecule has 0 unspecified atom stereocenters. The summed E-state index contributed by atoms with van der Waals surface area (Å²) < 4.78 is 0. The highest BCUT2D eigenvalue weighted by molar-refractivity contribution is 6.14. The van der Waals surface area contributed by atoms with Gasteiger partial charge in [-0.3, -0.25) is 0 Å². The average molecular weight is 265 g/mol. The van der Waals surface area contributed by atoms with Gasteiger partial charge in [-0.05, 0) is 55.9 Å². The van der Waals surface area contributed by atoms with Crippen LogP contribution in [0.3, 0.4) is 0 Å². The van der Waals surface area contributed by atoms with Crippen molar-refractivity contribution < 1.29 is 0 Å². The van der Waals surface area contributed by atoms with Crippen molar-refractivity contribution in [3.63, 3.8) is 0 Å². The highest BCUT2D eigenvalue weighted by Gasteiger charge is 2.20. The summed E-state index contributed by atoms with van der Waals surface area (Å²) in [4.78, 5) is 0. The Hall–Kier alpha value is -2.60. The van der Waals surface area contributed by atoms with Gasteiger partial charge in [0.15, 0.2) is 0 Å². The van der Waals surface area contributed by atoms with Crippen LogP contribution in [0.25, 0.3) is 38.7 Å². The molecule has 0 aromatic heterocycles. The van der Waals surface area contributed by atoms with Gasteiger partial charge in [0.1, 0.15) is 0 Å². The number of fused-ring (bicyclic) bond motifs is 4. The molecule has 2 aromatic carbocycles. The van der Waals surface area contributed by atoms with E-state index in [1.54, 1.807) is 0 Å². The van der Waals surface area contributed by atoms with Crippen LogP contribution in [-0.4, -0.2) is 0 Å². The van der Waals surface area contributed by atoms with Gasteiger partial charge in [0.05, 0.1) is 0 Å². The maximum atomic E-state index is 2.33. The van der Waals surface area contributed by atoms with Crippen LogP contribution in [0.5, 0.6) is 0 Å². The summed E-state index contributed by atoms with van der Waals surface area (Å²) >= 11 is 0. The summed E-state index contributed by atoms with van der Waals surface area (Å²) in [5.74, 6) is 0. The number of rotatable bonds is 0. The van der Waals surface area contributed by atoms with E-state index in [-0.39, 0.29) is 0 Å². The van der Waals surface area contributed by atoms with Crippen LogP contribution in [0.2, 0.25) is 0 Å². The standard InChI is InChI=1S/C21H13/c1-2-8-16-13-20-18-11-5-9-14-6-3-4-10-17(21(14)18)19(20)12-15(16)7-1/h1-13H. The lowest BCUT2D eigenvalue weighted by atomic mass is 9.96. The molecule has 0 saturated heterocycles.